The highest BCUT2D eigenvalue weighted by Gasteiger charge is 2.41. The predicted molar refractivity (Wildman–Crippen MR) is 131 cm³/mol. The Morgan fingerprint density at radius 1 is 0.750 bits per heavy atom. The van der Waals surface area contributed by atoms with E-state index in [2.05, 4.69) is 26.5 Å². The van der Waals surface area contributed by atoms with Gasteiger partial charge < -0.3 is 9.47 Å². The molecule has 3 aromatic carbocycles. The average molecular weight is 560 g/mol. The van der Waals surface area contributed by atoms with E-state index >= 15 is 0 Å². The number of halogens is 7. The van der Waals surface area contributed by atoms with Gasteiger partial charge in [0.15, 0.2) is 23.2 Å². The van der Waals surface area contributed by atoms with Crippen molar-refractivity contribution in [3.8, 4) is 34.5 Å². The molecule has 0 aliphatic heterocycles. The first-order valence-electron chi connectivity index (χ1n) is 11.9. The van der Waals surface area contributed by atoms with Crippen molar-refractivity contribution >= 4 is 0 Å². The fourth-order valence-corrected chi connectivity index (χ4v) is 3.47. The van der Waals surface area contributed by atoms with E-state index in [1.54, 1.807) is 12.1 Å². The number of ether oxygens (including phenoxy) is 2. The molecule has 0 N–H and O–H groups in total. The van der Waals surface area contributed by atoms with Gasteiger partial charge in [-0.25, -0.2) is 31.9 Å². The highest BCUT2D eigenvalue weighted by atomic mass is 19.3. The summed E-state index contributed by atoms with van der Waals surface area (Å²) in [7, 11) is 0. The maximum absolute atomic E-state index is 14.7. The molecule has 206 valence electrons. The van der Waals surface area contributed by atoms with Crippen LogP contribution in [0.5, 0.6) is 11.5 Å². The molecule has 0 amide bonds. The molecule has 0 saturated carbocycles. The summed E-state index contributed by atoms with van der Waals surface area (Å²) < 4.78 is 108. The predicted octanol–water partition coefficient (Wildman–Crippen LogP) is 7.55. The van der Waals surface area contributed by atoms with E-state index in [-0.39, 0.29) is 29.1 Å². The quantitative estimate of drug-likeness (QED) is 0.0967. The second-order valence-electron chi connectivity index (χ2n) is 8.41. The molecule has 1 heterocycles. The molecule has 4 nitrogen and oxygen atoms in total. The molecule has 0 bridgehead atoms. The zero-order chi connectivity index (χ0) is 28.9. The molecule has 4 rings (SSSR count). The Balaban J connectivity index is 1.49. The lowest BCUT2D eigenvalue weighted by Crippen LogP contribution is -2.25. The highest BCUT2D eigenvalue weighted by Crippen LogP contribution is 2.37. The van der Waals surface area contributed by atoms with E-state index in [0.717, 1.165) is 12.8 Å². The molecule has 4 aromatic rings. The van der Waals surface area contributed by atoms with Crippen molar-refractivity contribution in [1.29, 1.82) is 0 Å². The largest absolute Gasteiger partial charge is 0.490 e. The summed E-state index contributed by atoms with van der Waals surface area (Å²) in [4.78, 5) is 8.21. The lowest BCUT2D eigenvalue weighted by molar-refractivity contribution is -0.189. The number of aromatic nitrogens is 2. The van der Waals surface area contributed by atoms with Gasteiger partial charge in [-0.1, -0.05) is 31.4 Å². The number of benzene rings is 3. The van der Waals surface area contributed by atoms with E-state index in [9.17, 15) is 30.7 Å². The highest BCUT2D eigenvalue weighted by molar-refractivity contribution is 5.65. The fourth-order valence-electron chi connectivity index (χ4n) is 3.47. The van der Waals surface area contributed by atoms with Gasteiger partial charge in [0.05, 0.1) is 19.0 Å². The van der Waals surface area contributed by atoms with Crippen molar-refractivity contribution in [3.05, 3.63) is 107 Å². The molecule has 0 radical (unpaired) electrons. The van der Waals surface area contributed by atoms with Crippen molar-refractivity contribution < 1.29 is 40.2 Å². The zero-order valence-corrected chi connectivity index (χ0v) is 20.8. The Hall–Kier alpha value is -4.59. The lowest BCUT2D eigenvalue weighted by atomic mass is 10.0. The minimum atomic E-state index is -4.68. The smallest absolute Gasteiger partial charge is 0.432 e. The minimum Gasteiger partial charge on any atom is -0.490 e. The summed E-state index contributed by atoms with van der Waals surface area (Å²) in [6, 6.07) is 7.61. The molecule has 0 atom stereocenters. The molecule has 0 fully saturated rings. The SMILES string of the molecule is CCCCOc1cnc(C#Cc2ccc(-c3cc(F)c(C(F)(F)Oc4cc(F)c(F)c(F)c4)c(F)c3)cc2)nc1. The lowest BCUT2D eigenvalue weighted by Gasteiger charge is -2.20. The van der Waals surface area contributed by atoms with Gasteiger partial charge >= 0.3 is 6.11 Å². The first kappa shape index (κ1) is 28.4. The van der Waals surface area contributed by atoms with Gasteiger partial charge in [-0.3, -0.25) is 0 Å². The third-order valence-corrected chi connectivity index (χ3v) is 5.47. The van der Waals surface area contributed by atoms with E-state index in [0.29, 0.717) is 30.1 Å². The van der Waals surface area contributed by atoms with Crippen LogP contribution >= 0.6 is 0 Å². The molecular formula is C29H19F7N2O2. The third-order valence-electron chi connectivity index (χ3n) is 5.47. The first-order valence-corrected chi connectivity index (χ1v) is 11.9. The maximum Gasteiger partial charge on any atom is 0.432 e. The first-order chi connectivity index (χ1) is 19.1. The molecule has 1 aromatic heterocycles. The topological polar surface area (TPSA) is 44.2 Å². The maximum atomic E-state index is 14.7. The van der Waals surface area contributed by atoms with Gasteiger partial charge in [0.25, 0.3) is 0 Å². The van der Waals surface area contributed by atoms with Crippen molar-refractivity contribution in [3.63, 3.8) is 0 Å². The molecular weight excluding hydrogens is 541 g/mol. The second-order valence-corrected chi connectivity index (χ2v) is 8.41. The van der Waals surface area contributed by atoms with E-state index in [4.69, 9.17) is 4.74 Å². The summed E-state index contributed by atoms with van der Waals surface area (Å²) in [5.41, 5.74) is -1.06. The number of hydrogen-bond donors (Lipinski definition) is 0. The van der Waals surface area contributed by atoms with Crippen LogP contribution in [0.3, 0.4) is 0 Å². The Kier molecular flexibility index (Phi) is 8.58. The zero-order valence-electron chi connectivity index (χ0n) is 20.8. The van der Waals surface area contributed by atoms with Gasteiger partial charge in [0.2, 0.25) is 5.82 Å². The summed E-state index contributed by atoms with van der Waals surface area (Å²) in [5.74, 6) is -3.66. The van der Waals surface area contributed by atoms with Crippen LogP contribution in [0.15, 0.2) is 60.9 Å². The van der Waals surface area contributed by atoms with Gasteiger partial charge in [-0.05, 0) is 47.7 Å². The van der Waals surface area contributed by atoms with Gasteiger partial charge in [-0.2, -0.15) is 8.78 Å². The molecule has 0 spiro atoms. The Morgan fingerprint density at radius 3 is 1.93 bits per heavy atom. The minimum absolute atomic E-state index is 0.0741. The molecule has 0 unspecified atom stereocenters. The van der Waals surface area contributed by atoms with Crippen LogP contribution in [0, 0.1) is 40.9 Å². The van der Waals surface area contributed by atoms with E-state index in [1.807, 2.05) is 6.92 Å². The van der Waals surface area contributed by atoms with Crippen LogP contribution < -0.4 is 9.47 Å². The number of hydrogen-bond acceptors (Lipinski definition) is 4. The Morgan fingerprint density at radius 2 is 1.35 bits per heavy atom. The summed E-state index contributed by atoms with van der Waals surface area (Å²) in [5, 5.41) is 0. The third kappa shape index (κ3) is 6.69. The van der Waals surface area contributed by atoms with E-state index in [1.165, 1.54) is 24.5 Å². The van der Waals surface area contributed by atoms with Crippen LogP contribution in [-0.2, 0) is 6.11 Å². The molecule has 0 aliphatic rings. The van der Waals surface area contributed by atoms with Crippen LogP contribution in [0.25, 0.3) is 11.1 Å². The summed E-state index contributed by atoms with van der Waals surface area (Å²) in [6.45, 7) is 2.60. The Labute approximate surface area is 224 Å². The van der Waals surface area contributed by atoms with Crippen molar-refractivity contribution in [2.45, 2.75) is 25.9 Å². The fraction of sp³-hybridized carbons (Fsp3) is 0.172. The van der Waals surface area contributed by atoms with Crippen molar-refractivity contribution in [2.75, 3.05) is 6.61 Å². The standard InChI is InChI=1S/C29H19F7N2O2/c1-2-3-10-39-21-15-37-26(38-16-21)9-6-17-4-7-18(8-5-17)19-11-22(30)27(23(31)12-19)29(35,36)40-20-13-24(32)28(34)25(33)14-20/h4-5,7-8,11-16H,2-3,10H2,1H3. The normalized spacial score (nSPS) is 11.1. The summed E-state index contributed by atoms with van der Waals surface area (Å²) >= 11 is 0. The average Bonchev–Trinajstić information content (AvgIpc) is 2.91. The van der Waals surface area contributed by atoms with Crippen LogP contribution in [0.2, 0.25) is 0 Å². The van der Waals surface area contributed by atoms with Gasteiger partial charge in [0, 0.05) is 17.7 Å². The van der Waals surface area contributed by atoms with Crippen LogP contribution in [0.1, 0.15) is 36.7 Å². The molecule has 0 aliphatic carbocycles. The van der Waals surface area contributed by atoms with Gasteiger partial charge in [0.1, 0.15) is 22.9 Å². The van der Waals surface area contributed by atoms with E-state index < -0.39 is 46.5 Å². The molecule has 40 heavy (non-hydrogen) atoms. The second kappa shape index (κ2) is 12.1. The van der Waals surface area contributed by atoms with Gasteiger partial charge in [-0.15, -0.1) is 0 Å². The molecule has 11 heteroatoms. The number of alkyl halides is 2. The molecule has 0 saturated heterocycles. The monoisotopic (exact) mass is 560 g/mol. The summed E-state index contributed by atoms with van der Waals surface area (Å²) in [6.07, 6.45) is 0.240. The van der Waals surface area contributed by atoms with Crippen molar-refractivity contribution in [2.24, 2.45) is 0 Å². The van der Waals surface area contributed by atoms with Crippen molar-refractivity contribution in [1.82, 2.24) is 9.97 Å². The van der Waals surface area contributed by atoms with Crippen LogP contribution in [0.4, 0.5) is 30.7 Å². The number of unbranched alkanes of at least 4 members (excludes halogenated alkanes) is 1. The number of nitrogens with zero attached hydrogens (tertiary/aromatic N) is 2. The van der Waals surface area contributed by atoms with Crippen LogP contribution in [-0.4, -0.2) is 16.6 Å². The Bertz CT molecular complexity index is 1520. The number of rotatable bonds is 8.